The smallest absolute Gasteiger partial charge is 0.407 e. The summed E-state index contributed by atoms with van der Waals surface area (Å²) in [6.07, 6.45) is -0.436. The molecule has 0 aromatic rings. The number of carbonyl (C=O) groups is 1. The predicted octanol–water partition coefficient (Wildman–Crippen LogP) is 1.41. The van der Waals surface area contributed by atoms with Crippen molar-refractivity contribution in [3.05, 3.63) is 12.2 Å². The third-order valence-electron chi connectivity index (χ3n) is 2.60. The topological polar surface area (TPSA) is 85.6 Å². The molecule has 0 aliphatic heterocycles. The van der Waals surface area contributed by atoms with Gasteiger partial charge in [-0.25, -0.2) is 4.79 Å². The van der Waals surface area contributed by atoms with Gasteiger partial charge in [-0.15, -0.1) is 0 Å². The Balaban J connectivity index is 4.03. The van der Waals surface area contributed by atoms with E-state index in [4.69, 9.17) is 15.2 Å². The summed E-state index contributed by atoms with van der Waals surface area (Å²) in [6, 6.07) is -0.170. The minimum atomic E-state index is -0.508. The van der Waals surface area contributed by atoms with Crippen molar-refractivity contribution in [2.45, 2.75) is 52.3 Å². The van der Waals surface area contributed by atoms with Crippen molar-refractivity contribution in [2.75, 3.05) is 26.3 Å². The number of hydrogen-bond acceptors (Lipinski definition) is 5. The lowest BCUT2D eigenvalue weighted by Crippen LogP contribution is -2.53. The van der Waals surface area contributed by atoms with E-state index in [0.717, 1.165) is 5.57 Å². The number of alkyl carbamates (subject to hydrolysis) is 1. The highest BCUT2D eigenvalue weighted by Crippen LogP contribution is 2.07. The average molecular weight is 301 g/mol. The molecular formula is C15H31N3O3. The summed E-state index contributed by atoms with van der Waals surface area (Å²) in [5.41, 5.74) is 6.21. The van der Waals surface area contributed by atoms with E-state index in [-0.39, 0.29) is 12.1 Å². The van der Waals surface area contributed by atoms with Crippen LogP contribution in [0.25, 0.3) is 0 Å². The second-order valence-corrected chi connectivity index (χ2v) is 6.24. The molecule has 0 spiro atoms. The lowest BCUT2D eigenvalue weighted by Gasteiger charge is -2.27. The van der Waals surface area contributed by atoms with E-state index in [1.807, 2.05) is 34.6 Å². The normalized spacial score (nSPS) is 14.4. The van der Waals surface area contributed by atoms with Crippen LogP contribution in [0, 0.1) is 0 Å². The molecule has 0 radical (unpaired) electrons. The van der Waals surface area contributed by atoms with Gasteiger partial charge in [0.05, 0.1) is 13.2 Å². The minimum absolute atomic E-state index is 0.0362. The fourth-order valence-corrected chi connectivity index (χ4v) is 1.62. The van der Waals surface area contributed by atoms with Gasteiger partial charge in [0.2, 0.25) is 0 Å². The first-order valence-electron chi connectivity index (χ1n) is 7.30. The molecule has 4 N–H and O–H groups in total. The van der Waals surface area contributed by atoms with Crippen molar-refractivity contribution in [2.24, 2.45) is 5.73 Å². The first-order chi connectivity index (χ1) is 9.65. The fourth-order valence-electron chi connectivity index (χ4n) is 1.62. The molecule has 2 unspecified atom stereocenters. The molecule has 0 aromatic heterocycles. The van der Waals surface area contributed by atoms with Crippen LogP contribution in [0.5, 0.6) is 0 Å². The lowest BCUT2D eigenvalue weighted by molar-refractivity contribution is 0.0497. The van der Waals surface area contributed by atoms with E-state index < -0.39 is 11.7 Å². The Bertz CT molecular complexity index is 327. The van der Waals surface area contributed by atoms with Crippen LogP contribution in [0.4, 0.5) is 4.79 Å². The first kappa shape index (κ1) is 19.9. The Morgan fingerprint density at radius 1 is 1.38 bits per heavy atom. The maximum atomic E-state index is 11.7. The van der Waals surface area contributed by atoms with E-state index in [2.05, 4.69) is 17.2 Å². The number of amides is 1. The number of ether oxygens (including phenoxy) is 2. The van der Waals surface area contributed by atoms with Crippen molar-refractivity contribution >= 4 is 6.09 Å². The molecule has 0 bridgehead atoms. The van der Waals surface area contributed by atoms with Crippen molar-refractivity contribution < 1.29 is 14.3 Å². The summed E-state index contributed by atoms with van der Waals surface area (Å²) in [6.45, 7) is 15.3. The van der Waals surface area contributed by atoms with Crippen LogP contribution in [-0.2, 0) is 9.47 Å². The summed E-state index contributed by atoms with van der Waals surface area (Å²) in [7, 11) is 0. The highest BCUT2D eigenvalue weighted by Gasteiger charge is 2.21. The van der Waals surface area contributed by atoms with Gasteiger partial charge in [-0.3, -0.25) is 0 Å². The highest BCUT2D eigenvalue weighted by atomic mass is 16.6. The van der Waals surface area contributed by atoms with Crippen LogP contribution in [0.1, 0.15) is 34.6 Å². The maximum Gasteiger partial charge on any atom is 0.407 e. The average Bonchev–Trinajstić information content (AvgIpc) is 2.30. The molecule has 0 heterocycles. The zero-order valence-electron chi connectivity index (χ0n) is 14.0. The molecule has 1 amide bonds. The monoisotopic (exact) mass is 301 g/mol. The zero-order chi connectivity index (χ0) is 16.5. The zero-order valence-corrected chi connectivity index (χ0v) is 14.0. The summed E-state index contributed by atoms with van der Waals surface area (Å²) in [5.74, 6) is 0. The van der Waals surface area contributed by atoms with E-state index in [9.17, 15) is 4.79 Å². The fraction of sp³-hybridized carbons (Fsp3) is 0.800. The lowest BCUT2D eigenvalue weighted by atomic mass is 10.1. The molecule has 0 rings (SSSR count). The summed E-state index contributed by atoms with van der Waals surface area (Å²) >= 11 is 0. The molecule has 0 saturated carbocycles. The first-order valence-corrected chi connectivity index (χ1v) is 7.30. The SMILES string of the molecule is C=C(C)COCCNC(CN)C(C)NC(=O)OC(C)(C)C. The third-order valence-corrected chi connectivity index (χ3v) is 2.60. The van der Waals surface area contributed by atoms with E-state index in [1.54, 1.807) is 0 Å². The molecular weight excluding hydrogens is 270 g/mol. The summed E-state index contributed by atoms with van der Waals surface area (Å²) < 4.78 is 10.6. The van der Waals surface area contributed by atoms with Crippen LogP contribution in [0.3, 0.4) is 0 Å². The number of carbonyl (C=O) groups excluding carboxylic acids is 1. The molecule has 6 nitrogen and oxygen atoms in total. The van der Waals surface area contributed by atoms with Crippen LogP contribution in [0.2, 0.25) is 0 Å². The maximum absolute atomic E-state index is 11.7. The quantitative estimate of drug-likeness (QED) is 0.443. The predicted molar refractivity (Wildman–Crippen MR) is 85.3 cm³/mol. The van der Waals surface area contributed by atoms with Gasteiger partial charge in [0.1, 0.15) is 5.60 Å². The molecule has 0 aromatic carbocycles. The van der Waals surface area contributed by atoms with Gasteiger partial charge in [0, 0.05) is 25.2 Å². The van der Waals surface area contributed by atoms with Crippen molar-refractivity contribution in [1.29, 1.82) is 0 Å². The molecule has 6 heteroatoms. The third kappa shape index (κ3) is 11.2. The van der Waals surface area contributed by atoms with Crippen molar-refractivity contribution in [1.82, 2.24) is 10.6 Å². The van der Waals surface area contributed by atoms with Crippen LogP contribution < -0.4 is 16.4 Å². The summed E-state index contributed by atoms with van der Waals surface area (Å²) in [4.78, 5) is 11.7. The van der Waals surface area contributed by atoms with Crippen LogP contribution >= 0.6 is 0 Å². The van der Waals surface area contributed by atoms with Gasteiger partial charge in [-0.1, -0.05) is 12.2 Å². The standard InChI is InChI=1S/C15H31N3O3/c1-11(2)10-20-8-7-17-13(9-16)12(3)18-14(19)21-15(4,5)6/h12-13,17H,1,7-10,16H2,2-6H3,(H,18,19). The van der Waals surface area contributed by atoms with E-state index >= 15 is 0 Å². The van der Waals surface area contributed by atoms with Gasteiger partial charge in [-0.2, -0.15) is 0 Å². The molecule has 2 atom stereocenters. The highest BCUT2D eigenvalue weighted by molar-refractivity contribution is 5.68. The Morgan fingerprint density at radius 2 is 2.00 bits per heavy atom. The minimum Gasteiger partial charge on any atom is -0.444 e. The molecule has 21 heavy (non-hydrogen) atoms. The number of nitrogens with two attached hydrogens (primary N) is 1. The van der Waals surface area contributed by atoms with Gasteiger partial charge in [0.25, 0.3) is 0 Å². The second kappa shape index (κ2) is 9.76. The summed E-state index contributed by atoms with van der Waals surface area (Å²) in [5, 5.41) is 6.05. The Labute approximate surface area is 128 Å². The van der Waals surface area contributed by atoms with E-state index in [1.165, 1.54) is 0 Å². The molecule has 124 valence electrons. The van der Waals surface area contributed by atoms with E-state index in [0.29, 0.717) is 26.3 Å². The molecule has 0 saturated heterocycles. The Hall–Kier alpha value is -1.11. The number of hydrogen-bond donors (Lipinski definition) is 3. The molecule has 0 aliphatic carbocycles. The van der Waals surface area contributed by atoms with Gasteiger partial charge in [-0.05, 0) is 34.6 Å². The van der Waals surface area contributed by atoms with Crippen LogP contribution in [0.15, 0.2) is 12.2 Å². The van der Waals surface area contributed by atoms with Gasteiger partial charge >= 0.3 is 6.09 Å². The number of nitrogens with one attached hydrogen (secondary N) is 2. The van der Waals surface area contributed by atoms with Crippen molar-refractivity contribution in [3.63, 3.8) is 0 Å². The van der Waals surface area contributed by atoms with Crippen molar-refractivity contribution in [3.8, 4) is 0 Å². The second-order valence-electron chi connectivity index (χ2n) is 6.24. The Kier molecular flexibility index (Phi) is 9.24. The molecule has 0 fully saturated rings. The van der Waals surface area contributed by atoms with Crippen LogP contribution in [-0.4, -0.2) is 50.1 Å². The van der Waals surface area contributed by atoms with Gasteiger partial charge in [0.15, 0.2) is 0 Å². The largest absolute Gasteiger partial charge is 0.444 e. The number of rotatable bonds is 9. The Morgan fingerprint density at radius 3 is 2.48 bits per heavy atom. The molecule has 0 aliphatic rings. The van der Waals surface area contributed by atoms with Gasteiger partial charge < -0.3 is 25.8 Å².